The van der Waals surface area contributed by atoms with Crippen molar-refractivity contribution in [2.24, 2.45) is 0 Å². The summed E-state index contributed by atoms with van der Waals surface area (Å²) in [5, 5.41) is 4.21. The number of aromatic nitrogens is 4. The quantitative estimate of drug-likeness (QED) is 0.860. The predicted molar refractivity (Wildman–Crippen MR) is 82.6 cm³/mol. The molecule has 0 bridgehead atoms. The molecule has 0 spiro atoms. The number of nitrogens with zero attached hydrogens (tertiary/aromatic N) is 5. The maximum Gasteiger partial charge on any atom is 0.226 e. The summed E-state index contributed by atoms with van der Waals surface area (Å²) in [4.78, 5) is 11.5. The van der Waals surface area contributed by atoms with Crippen LogP contribution in [0.2, 0.25) is 0 Å². The molecule has 124 valence electrons. The standard InChI is InChI=1S/C16H23N5O2/c1-2-15-18-16(19-23-15)13-5-3-4-6-20(13)10-12-9-17-14-11-22-8-7-21(12)14/h9,13H,2-8,10-11H2,1H3. The molecule has 4 rings (SSSR count). The monoisotopic (exact) mass is 317 g/mol. The SMILES string of the molecule is CCc1nc(C2CCCCN2Cc2cnc3n2CCOC3)no1. The highest BCUT2D eigenvalue weighted by Crippen LogP contribution is 2.31. The van der Waals surface area contributed by atoms with Gasteiger partial charge in [-0.15, -0.1) is 0 Å². The molecule has 0 radical (unpaired) electrons. The summed E-state index contributed by atoms with van der Waals surface area (Å²) < 4.78 is 13.1. The Bertz CT molecular complexity index is 665. The number of ether oxygens (including phenoxy) is 1. The van der Waals surface area contributed by atoms with Crippen LogP contribution in [0.15, 0.2) is 10.7 Å². The zero-order chi connectivity index (χ0) is 15.6. The van der Waals surface area contributed by atoms with Gasteiger partial charge in [-0.05, 0) is 19.4 Å². The molecule has 1 atom stereocenters. The Balaban J connectivity index is 1.55. The normalized spacial score (nSPS) is 22.2. The molecule has 23 heavy (non-hydrogen) atoms. The molecule has 0 aromatic carbocycles. The minimum atomic E-state index is 0.249. The molecule has 2 aromatic rings. The smallest absolute Gasteiger partial charge is 0.226 e. The van der Waals surface area contributed by atoms with Gasteiger partial charge in [0.1, 0.15) is 12.4 Å². The predicted octanol–water partition coefficient (Wildman–Crippen LogP) is 2.09. The molecule has 0 saturated carbocycles. The molecule has 2 aliphatic heterocycles. The number of hydrogen-bond donors (Lipinski definition) is 0. The molecule has 7 heteroatoms. The third-order valence-corrected chi connectivity index (χ3v) is 4.77. The van der Waals surface area contributed by atoms with Gasteiger partial charge in [0.2, 0.25) is 5.89 Å². The Labute approximate surface area is 135 Å². The van der Waals surface area contributed by atoms with Crippen molar-refractivity contribution >= 4 is 0 Å². The number of imidazole rings is 1. The fourth-order valence-corrected chi connectivity index (χ4v) is 3.52. The van der Waals surface area contributed by atoms with Crippen molar-refractivity contribution in [2.75, 3.05) is 13.2 Å². The minimum absolute atomic E-state index is 0.249. The number of aryl methyl sites for hydroxylation is 1. The second-order valence-electron chi connectivity index (χ2n) is 6.25. The van der Waals surface area contributed by atoms with E-state index >= 15 is 0 Å². The molecule has 1 fully saturated rings. The Hall–Kier alpha value is -1.73. The van der Waals surface area contributed by atoms with Gasteiger partial charge in [0.05, 0.1) is 18.3 Å². The molecule has 0 aliphatic carbocycles. The maximum absolute atomic E-state index is 5.48. The first kappa shape index (κ1) is 14.8. The number of likely N-dealkylation sites (tertiary alicyclic amines) is 1. The summed E-state index contributed by atoms with van der Waals surface area (Å²) in [7, 11) is 0. The van der Waals surface area contributed by atoms with E-state index in [4.69, 9.17) is 9.26 Å². The van der Waals surface area contributed by atoms with E-state index in [1.165, 1.54) is 18.5 Å². The van der Waals surface area contributed by atoms with Crippen LogP contribution in [0.1, 0.15) is 55.5 Å². The Morgan fingerprint density at radius 3 is 3.13 bits per heavy atom. The van der Waals surface area contributed by atoms with Gasteiger partial charge < -0.3 is 13.8 Å². The van der Waals surface area contributed by atoms with Gasteiger partial charge in [-0.3, -0.25) is 4.90 Å². The van der Waals surface area contributed by atoms with Crippen LogP contribution in [0.25, 0.3) is 0 Å². The van der Waals surface area contributed by atoms with Gasteiger partial charge in [-0.25, -0.2) is 4.98 Å². The number of piperidine rings is 1. The number of hydrogen-bond acceptors (Lipinski definition) is 6. The topological polar surface area (TPSA) is 69.2 Å². The zero-order valence-electron chi connectivity index (χ0n) is 13.6. The van der Waals surface area contributed by atoms with Gasteiger partial charge in [-0.2, -0.15) is 4.98 Å². The van der Waals surface area contributed by atoms with Gasteiger partial charge in [0.15, 0.2) is 5.82 Å². The first-order valence-electron chi connectivity index (χ1n) is 8.52. The van der Waals surface area contributed by atoms with Crippen LogP contribution < -0.4 is 0 Å². The van der Waals surface area contributed by atoms with Gasteiger partial charge in [0.25, 0.3) is 0 Å². The van der Waals surface area contributed by atoms with E-state index in [2.05, 4.69) is 24.6 Å². The molecule has 7 nitrogen and oxygen atoms in total. The zero-order valence-corrected chi connectivity index (χ0v) is 13.6. The van der Waals surface area contributed by atoms with Gasteiger partial charge in [0, 0.05) is 25.7 Å². The van der Waals surface area contributed by atoms with Crippen molar-refractivity contribution in [3.63, 3.8) is 0 Å². The molecule has 1 unspecified atom stereocenters. The fourth-order valence-electron chi connectivity index (χ4n) is 3.52. The summed E-state index contributed by atoms with van der Waals surface area (Å²) >= 11 is 0. The highest BCUT2D eigenvalue weighted by Gasteiger charge is 2.29. The highest BCUT2D eigenvalue weighted by molar-refractivity contribution is 5.08. The Kier molecular flexibility index (Phi) is 4.13. The van der Waals surface area contributed by atoms with Crippen molar-refractivity contribution in [3.8, 4) is 0 Å². The lowest BCUT2D eigenvalue weighted by atomic mass is 10.0. The van der Waals surface area contributed by atoms with Crippen LogP contribution in [0.5, 0.6) is 0 Å². The fraction of sp³-hybridized carbons (Fsp3) is 0.688. The third-order valence-electron chi connectivity index (χ3n) is 4.77. The van der Waals surface area contributed by atoms with Crippen molar-refractivity contribution in [1.29, 1.82) is 0 Å². The first-order valence-corrected chi connectivity index (χ1v) is 8.52. The van der Waals surface area contributed by atoms with Crippen molar-refractivity contribution < 1.29 is 9.26 Å². The summed E-state index contributed by atoms with van der Waals surface area (Å²) in [5.41, 5.74) is 1.26. The largest absolute Gasteiger partial charge is 0.372 e. The van der Waals surface area contributed by atoms with Crippen LogP contribution >= 0.6 is 0 Å². The second-order valence-corrected chi connectivity index (χ2v) is 6.25. The van der Waals surface area contributed by atoms with Gasteiger partial charge in [-0.1, -0.05) is 18.5 Å². The van der Waals surface area contributed by atoms with Crippen LogP contribution in [-0.2, 0) is 30.9 Å². The van der Waals surface area contributed by atoms with Crippen LogP contribution in [-0.4, -0.2) is 37.7 Å². The Morgan fingerprint density at radius 2 is 2.26 bits per heavy atom. The molecule has 0 N–H and O–H groups in total. The van der Waals surface area contributed by atoms with E-state index in [1.54, 1.807) is 0 Å². The summed E-state index contributed by atoms with van der Waals surface area (Å²) in [5.74, 6) is 2.60. The summed E-state index contributed by atoms with van der Waals surface area (Å²) in [6, 6.07) is 0.249. The molecule has 1 saturated heterocycles. The lowest BCUT2D eigenvalue weighted by Crippen LogP contribution is -2.34. The summed E-state index contributed by atoms with van der Waals surface area (Å²) in [6.07, 6.45) is 6.31. The average molecular weight is 317 g/mol. The van der Waals surface area contributed by atoms with E-state index in [0.717, 1.165) is 56.6 Å². The van der Waals surface area contributed by atoms with Crippen LogP contribution in [0.4, 0.5) is 0 Å². The average Bonchev–Trinajstić information content (AvgIpc) is 3.23. The first-order chi connectivity index (χ1) is 11.3. The van der Waals surface area contributed by atoms with Crippen molar-refractivity contribution in [3.05, 3.63) is 29.4 Å². The summed E-state index contributed by atoms with van der Waals surface area (Å²) in [6.45, 7) is 6.27. The maximum atomic E-state index is 5.48. The van der Waals surface area contributed by atoms with Crippen molar-refractivity contribution in [2.45, 2.75) is 58.3 Å². The molecular weight excluding hydrogens is 294 g/mol. The molecule has 2 aromatic heterocycles. The second kappa shape index (κ2) is 6.41. The van der Waals surface area contributed by atoms with Crippen LogP contribution in [0, 0.1) is 0 Å². The van der Waals surface area contributed by atoms with Crippen molar-refractivity contribution in [1.82, 2.24) is 24.6 Å². The van der Waals surface area contributed by atoms with Crippen LogP contribution in [0.3, 0.4) is 0 Å². The van der Waals surface area contributed by atoms with E-state index in [0.29, 0.717) is 6.61 Å². The lowest BCUT2D eigenvalue weighted by Gasteiger charge is -2.34. The van der Waals surface area contributed by atoms with Gasteiger partial charge >= 0.3 is 0 Å². The van der Waals surface area contributed by atoms with E-state index in [9.17, 15) is 0 Å². The Morgan fingerprint density at radius 1 is 1.30 bits per heavy atom. The minimum Gasteiger partial charge on any atom is -0.372 e. The third kappa shape index (κ3) is 2.90. The van der Waals surface area contributed by atoms with E-state index in [-0.39, 0.29) is 6.04 Å². The number of fused-ring (bicyclic) bond motifs is 1. The number of rotatable bonds is 4. The molecule has 0 amide bonds. The highest BCUT2D eigenvalue weighted by atomic mass is 16.5. The van der Waals surface area contributed by atoms with E-state index < -0.39 is 0 Å². The molecular formula is C16H23N5O2. The molecule has 2 aliphatic rings. The lowest BCUT2D eigenvalue weighted by molar-refractivity contribution is 0.0772. The molecule has 4 heterocycles. The van der Waals surface area contributed by atoms with E-state index in [1.807, 2.05) is 13.1 Å².